The Balaban J connectivity index is 2.41. The van der Waals surface area contributed by atoms with Gasteiger partial charge in [0, 0.05) is 0 Å². The first-order chi connectivity index (χ1) is 12.5. The van der Waals surface area contributed by atoms with Gasteiger partial charge >= 0.3 is 16.9 Å². The molecule has 0 unspecified atom stereocenters. The quantitative estimate of drug-likeness (QED) is 0.440. The summed E-state index contributed by atoms with van der Waals surface area (Å²) in [4.78, 5) is 37.2. The van der Waals surface area contributed by atoms with E-state index in [0.29, 0.717) is 23.7 Å². The van der Waals surface area contributed by atoms with Crippen molar-refractivity contribution in [2.75, 3.05) is 13.2 Å². The Kier molecular flexibility index (Phi) is 5.95. The zero-order valence-corrected chi connectivity index (χ0v) is 13.8. The van der Waals surface area contributed by atoms with E-state index in [1.165, 1.54) is 12.2 Å². The van der Waals surface area contributed by atoms with Crippen LogP contribution in [0.3, 0.4) is 0 Å². The fraction of sp³-hybridized carbons (Fsp3) is 0.176. The number of terminal acetylenes is 1. The first kappa shape index (κ1) is 18.5. The zero-order valence-electron chi connectivity index (χ0n) is 13.8. The molecule has 0 fully saturated rings. The molecule has 1 heterocycles. The Morgan fingerprint density at radius 3 is 2.65 bits per heavy atom. The minimum Gasteiger partial charge on any atom is -0.490 e. The smallest absolute Gasteiger partial charge is 0.357 e. The van der Waals surface area contributed by atoms with Gasteiger partial charge in [-0.1, -0.05) is 18.1 Å². The SMILES string of the molecule is C#CCOc1ccc(C=Cc2[nH]c(=O)[nH]c(=O)c2[N+](=O)[O-])cc1OCC. The third-order valence-electron chi connectivity index (χ3n) is 3.15. The van der Waals surface area contributed by atoms with Crippen LogP contribution in [0.15, 0.2) is 27.8 Å². The van der Waals surface area contributed by atoms with Crippen molar-refractivity contribution in [3.63, 3.8) is 0 Å². The second-order valence-corrected chi connectivity index (χ2v) is 4.89. The number of H-pyrrole nitrogens is 2. The number of nitrogens with one attached hydrogen (secondary N) is 2. The number of nitro groups is 1. The minimum absolute atomic E-state index is 0.0789. The van der Waals surface area contributed by atoms with E-state index in [1.807, 2.05) is 4.98 Å². The summed E-state index contributed by atoms with van der Waals surface area (Å²) in [5, 5.41) is 11.0. The minimum atomic E-state index is -1.08. The van der Waals surface area contributed by atoms with Crippen LogP contribution in [-0.4, -0.2) is 28.1 Å². The van der Waals surface area contributed by atoms with Crippen molar-refractivity contribution in [3.05, 3.63) is 60.4 Å². The molecule has 26 heavy (non-hydrogen) atoms. The van der Waals surface area contributed by atoms with Crippen LogP contribution >= 0.6 is 0 Å². The molecule has 0 bridgehead atoms. The van der Waals surface area contributed by atoms with Gasteiger partial charge in [-0.15, -0.1) is 6.42 Å². The molecule has 2 rings (SSSR count). The summed E-state index contributed by atoms with van der Waals surface area (Å²) in [5.74, 6) is 3.25. The van der Waals surface area contributed by atoms with E-state index >= 15 is 0 Å². The van der Waals surface area contributed by atoms with Gasteiger partial charge in [-0.2, -0.15) is 0 Å². The van der Waals surface area contributed by atoms with Crippen molar-refractivity contribution in [1.82, 2.24) is 9.97 Å². The molecular weight excluding hydrogens is 342 g/mol. The molecule has 0 saturated carbocycles. The second-order valence-electron chi connectivity index (χ2n) is 4.89. The highest BCUT2D eigenvalue weighted by Crippen LogP contribution is 2.29. The third-order valence-corrected chi connectivity index (χ3v) is 3.15. The summed E-state index contributed by atoms with van der Waals surface area (Å²) in [6.07, 6.45) is 7.92. The molecule has 2 N–H and O–H groups in total. The summed E-state index contributed by atoms with van der Waals surface area (Å²) >= 11 is 0. The number of aromatic amines is 2. The van der Waals surface area contributed by atoms with Crippen LogP contribution < -0.4 is 20.7 Å². The maximum Gasteiger partial charge on any atom is 0.357 e. The van der Waals surface area contributed by atoms with E-state index in [4.69, 9.17) is 15.9 Å². The lowest BCUT2D eigenvalue weighted by atomic mass is 10.1. The van der Waals surface area contributed by atoms with E-state index in [1.54, 1.807) is 25.1 Å². The fourth-order valence-electron chi connectivity index (χ4n) is 2.11. The van der Waals surface area contributed by atoms with E-state index in [2.05, 4.69) is 10.9 Å². The van der Waals surface area contributed by atoms with Gasteiger partial charge in [-0.3, -0.25) is 19.9 Å². The van der Waals surface area contributed by atoms with Crippen LogP contribution in [0.5, 0.6) is 11.5 Å². The standard InChI is InChI=1S/C17H15N3O6/c1-3-9-26-13-8-6-11(10-14(13)25-4-2)5-7-12-15(20(23)24)16(21)19-17(22)18-12/h1,5-8,10H,4,9H2,2H3,(H2,18,19,21,22). The molecule has 1 aromatic carbocycles. The highest BCUT2D eigenvalue weighted by atomic mass is 16.6. The summed E-state index contributed by atoms with van der Waals surface area (Å²) in [6, 6.07) is 4.95. The molecule has 134 valence electrons. The molecule has 0 radical (unpaired) electrons. The highest BCUT2D eigenvalue weighted by molar-refractivity contribution is 5.72. The summed E-state index contributed by atoms with van der Waals surface area (Å²) in [7, 11) is 0. The van der Waals surface area contributed by atoms with Crippen LogP contribution in [0.2, 0.25) is 0 Å². The van der Waals surface area contributed by atoms with Crippen molar-refractivity contribution in [2.24, 2.45) is 0 Å². The van der Waals surface area contributed by atoms with Crippen LogP contribution in [0, 0.1) is 22.5 Å². The van der Waals surface area contributed by atoms with Crippen molar-refractivity contribution in [3.8, 4) is 23.8 Å². The second kappa shape index (κ2) is 8.34. The summed E-state index contributed by atoms with van der Waals surface area (Å²) in [6.45, 7) is 2.28. The van der Waals surface area contributed by atoms with E-state index < -0.39 is 21.9 Å². The Morgan fingerprint density at radius 1 is 1.23 bits per heavy atom. The molecule has 2 aromatic rings. The molecule has 9 nitrogen and oxygen atoms in total. The maximum atomic E-state index is 11.6. The molecule has 0 spiro atoms. The normalized spacial score (nSPS) is 10.5. The van der Waals surface area contributed by atoms with E-state index in [9.17, 15) is 19.7 Å². The Morgan fingerprint density at radius 2 is 2.00 bits per heavy atom. The molecule has 9 heteroatoms. The van der Waals surface area contributed by atoms with E-state index in [-0.39, 0.29) is 12.3 Å². The molecule has 0 amide bonds. The lowest BCUT2D eigenvalue weighted by Crippen LogP contribution is -2.25. The van der Waals surface area contributed by atoms with Gasteiger partial charge in [0.25, 0.3) is 0 Å². The lowest BCUT2D eigenvalue weighted by Gasteiger charge is -2.10. The van der Waals surface area contributed by atoms with Crippen LogP contribution in [0.1, 0.15) is 18.2 Å². The molecule has 0 saturated heterocycles. The summed E-state index contributed by atoms with van der Waals surface area (Å²) < 4.78 is 10.8. The van der Waals surface area contributed by atoms with Gasteiger partial charge < -0.3 is 14.5 Å². The molecule has 1 aromatic heterocycles. The number of benzene rings is 1. The first-order valence-electron chi connectivity index (χ1n) is 7.48. The average molecular weight is 357 g/mol. The zero-order chi connectivity index (χ0) is 19.1. The molecule has 0 aliphatic rings. The van der Waals surface area contributed by atoms with Gasteiger partial charge in [0.05, 0.1) is 11.5 Å². The predicted octanol–water partition coefficient (Wildman–Crippen LogP) is 1.55. The largest absolute Gasteiger partial charge is 0.490 e. The van der Waals surface area contributed by atoms with Crippen LogP contribution in [0.4, 0.5) is 5.69 Å². The molecule has 0 atom stereocenters. The van der Waals surface area contributed by atoms with Gasteiger partial charge in [0.1, 0.15) is 12.3 Å². The van der Waals surface area contributed by atoms with Crippen molar-refractivity contribution < 1.29 is 14.4 Å². The van der Waals surface area contributed by atoms with Crippen molar-refractivity contribution in [2.45, 2.75) is 6.92 Å². The number of nitrogens with zero attached hydrogens (tertiary/aromatic N) is 1. The average Bonchev–Trinajstić information content (AvgIpc) is 2.58. The van der Waals surface area contributed by atoms with Gasteiger partial charge in [-0.25, -0.2) is 4.79 Å². The Hall–Kier alpha value is -3.80. The monoisotopic (exact) mass is 357 g/mol. The fourth-order valence-corrected chi connectivity index (χ4v) is 2.11. The van der Waals surface area contributed by atoms with Gasteiger partial charge in [0.2, 0.25) is 0 Å². The van der Waals surface area contributed by atoms with Crippen LogP contribution in [-0.2, 0) is 0 Å². The number of hydrogen-bond acceptors (Lipinski definition) is 6. The van der Waals surface area contributed by atoms with Gasteiger partial charge in [-0.05, 0) is 30.7 Å². The van der Waals surface area contributed by atoms with Crippen LogP contribution in [0.25, 0.3) is 12.2 Å². The molecule has 0 aliphatic heterocycles. The Bertz CT molecular complexity index is 997. The third kappa shape index (κ3) is 4.39. The predicted molar refractivity (Wildman–Crippen MR) is 95.2 cm³/mol. The first-order valence-corrected chi connectivity index (χ1v) is 7.48. The number of aromatic nitrogens is 2. The lowest BCUT2D eigenvalue weighted by molar-refractivity contribution is -0.386. The van der Waals surface area contributed by atoms with Gasteiger partial charge in [0.15, 0.2) is 11.5 Å². The highest BCUT2D eigenvalue weighted by Gasteiger charge is 2.18. The number of ether oxygens (including phenoxy) is 2. The molecule has 0 aliphatic carbocycles. The number of rotatable bonds is 7. The molecular formula is C17H15N3O6. The topological polar surface area (TPSA) is 127 Å². The maximum absolute atomic E-state index is 11.6. The number of hydrogen-bond donors (Lipinski definition) is 2. The summed E-state index contributed by atoms with van der Waals surface area (Å²) in [5.41, 5.74) is -2.27. The Labute approximate surface area is 147 Å². The van der Waals surface area contributed by atoms with Crippen molar-refractivity contribution >= 4 is 17.8 Å². The van der Waals surface area contributed by atoms with E-state index in [0.717, 1.165) is 0 Å². The van der Waals surface area contributed by atoms with Crippen molar-refractivity contribution in [1.29, 1.82) is 0 Å².